The molecule has 0 aliphatic carbocycles. The van der Waals surface area contributed by atoms with Gasteiger partial charge in [0.1, 0.15) is 0 Å². The van der Waals surface area contributed by atoms with Crippen LogP contribution < -0.4 is 0 Å². The van der Waals surface area contributed by atoms with Crippen molar-refractivity contribution in [2.24, 2.45) is 0 Å². The van der Waals surface area contributed by atoms with E-state index in [2.05, 4.69) is 18.7 Å². The summed E-state index contributed by atoms with van der Waals surface area (Å²) in [7, 11) is 0. The van der Waals surface area contributed by atoms with Gasteiger partial charge in [-0.15, -0.1) is 0 Å². The summed E-state index contributed by atoms with van der Waals surface area (Å²) in [5, 5.41) is 0.526. The molecule has 0 spiro atoms. The van der Waals surface area contributed by atoms with Gasteiger partial charge in [0, 0.05) is 5.56 Å². The van der Waals surface area contributed by atoms with E-state index in [9.17, 15) is 4.79 Å². The van der Waals surface area contributed by atoms with Crippen molar-refractivity contribution < 1.29 is 4.79 Å². The van der Waals surface area contributed by atoms with Crippen LogP contribution in [0.5, 0.6) is 0 Å². The van der Waals surface area contributed by atoms with Crippen molar-refractivity contribution in [1.29, 1.82) is 0 Å². The number of hydrogen-bond donors (Lipinski definition) is 0. The average molecular weight is 254 g/mol. The lowest BCUT2D eigenvalue weighted by molar-refractivity contribution is 0.0669. The highest BCUT2D eigenvalue weighted by Crippen LogP contribution is 2.24. The number of rotatable bonds is 5. The van der Waals surface area contributed by atoms with E-state index in [-0.39, 0.29) is 5.78 Å². The zero-order valence-corrected chi connectivity index (χ0v) is 11.7. The molecule has 0 radical (unpaired) electrons. The van der Waals surface area contributed by atoms with Gasteiger partial charge in [0.05, 0.1) is 10.6 Å². The zero-order chi connectivity index (χ0) is 13.1. The van der Waals surface area contributed by atoms with Gasteiger partial charge in [0.2, 0.25) is 0 Å². The molecule has 0 aliphatic rings. The number of nitrogens with zero attached hydrogens (tertiary/aromatic N) is 1. The van der Waals surface area contributed by atoms with E-state index in [4.69, 9.17) is 11.6 Å². The average Bonchev–Trinajstić information content (AvgIpc) is 2.30. The third-order valence-corrected chi connectivity index (χ3v) is 3.56. The molecule has 0 heterocycles. The Morgan fingerprint density at radius 2 is 1.76 bits per heavy atom. The lowest BCUT2D eigenvalue weighted by Crippen LogP contribution is -2.50. The van der Waals surface area contributed by atoms with Crippen molar-refractivity contribution in [2.45, 2.75) is 33.2 Å². The van der Waals surface area contributed by atoms with Crippen LogP contribution in [-0.2, 0) is 0 Å². The minimum atomic E-state index is -0.519. The molecule has 17 heavy (non-hydrogen) atoms. The van der Waals surface area contributed by atoms with Gasteiger partial charge in [-0.25, -0.2) is 0 Å². The van der Waals surface area contributed by atoms with Crippen LogP contribution in [0.2, 0.25) is 5.02 Å². The number of ketones is 1. The molecule has 0 aliphatic heterocycles. The highest BCUT2D eigenvalue weighted by Gasteiger charge is 2.34. The topological polar surface area (TPSA) is 20.3 Å². The summed E-state index contributed by atoms with van der Waals surface area (Å²) in [4.78, 5) is 14.7. The SMILES string of the molecule is CCN(CC)C(C)(C)C(=O)c1ccccc1Cl. The first-order valence-electron chi connectivity index (χ1n) is 5.99. The van der Waals surface area contributed by atoms with Crippen molar-refractivity contribution in [2.75, 3.05) is 13.1 Å². The summed E-state index contributed by atoms with van der Waals surface area (Å²) in [6, 6.07) is 7.23. The van der Waals surface area contributed by atoms with E-state index in [0.717, 1.165) is 13.1 Å². The van der Waals surface area contributed by atoms with Crippen molar-refractivity contribution >= 4 is 17.4 Å². The Balaban J connectivity index is 3.08. The van der Waals surface area contributed by atoms with Gasteiger partial charge in [-0.2, -0.15) is 0 Å². The lowest BCUT2D eigenvalue weighted by atomic mass is 9.91. The Morgan fingerprint density at radius 1 is 1.24 bits per heavy atom. The molecule has 0 unspecified atom stereocenters. The second kappa shape index (κ2) is 5.65. The largest absolute Gasteiger partial charge is 0.292 e. The van der Waals surface area contributed by atoms with E-state index in [1.54, 1.807) is 12.1 Å². The standard InChI is InChI=1S/C14H20ClNO/c1-5-16(6-2)14(3,4)13(17)11-9-7-8-10-12(11)15/h7-10H,5-6H2,1-4H3. The van der Waals surface area contributed by atoms with Crippen LogP contribution in [0.3, 0.4) is 0 Å². The quantitative estimate of drug-likeness (QED) is 0.747. The first-order chi connectivity index (χ1) is 7.95. The third-order valence-electron chi connectivity index (χ3n) is 3.23. The first-order valence-corrected chi connectivity index (χ1v) is 6.37. The summed E-state index contributed by atoms with van der Waals surface area (Å²) in [6.45, 7) is 9.72. The van der Waals surface area contributed by atoms with E-state index in [1.807, 2.05) is 26.0 Å². The van der Waals surface area contributed by atoms with Crippen LogP contribution in [0, 0.1) is 0 Å². The highest BCUT2D eigenvalue weighted by atomic mass is 35.5. The number of hydrogen-bond acceptors (Lipinski definition) is 2. The molecule has 0 saturated heterocycles. The molecular weight excluding hydrogens is 234 g/mol. The van der Waals surface area contributed by atoms with E-state index < -0.39 is 5.54 Å². The molecular formula is C14H20ClNO. The van der Waals surface area contributed by atoms with Gasteiger partial charge in [-0.1, -0.05) is 37.6 Å². The molecule has 0 N–H and O–H groups in total. The van der Waals surface area contributed by atoms with E-state index >= 15 is 0 Å². The Bertz CT molecular complexity index is 397. The van der Waals surface area contributed by atoms with Crippen molar-refractivity contribution in [3.8, 4) is 0 Å². The second-order valence-electron chi connectivity index (χ2n) is 4.54. The number of likely N-dealkylation sites (N-methyl/N-ethyl adjacent to an activating group) is 1. The Hall–Kier alpha value is -0.860. The minimum absolute atomic E-state index is 0.0757. The fourth-order valence-corrected chi connectivity index (χ4v) is 2.35. The molecule has 0 saturated carbocycles. The fraction of sp³-hybridized carbons (Fsp3) is 0.500. The summed E-state index contributed by atoms with van der Waals surface area (Å²) in [5.74, 6) is 0.0757. The molecule has 1 aromatic rings. The van der Waals surface area contributed by atoms with Crippen molar-refractivity contribution in [3.05, 3.63) is 34.9 Å². The van der Waals surface area contributed by atoms with E-state index in [1.165, 1.54) is 0 Å². The predicted molar refractivity (Wildman–Crippen MR) is 72.8 cm³/mol. The smallest absolute Gasteiger partial charge is 0.183 e. The zero-order valence-electron chi connectivity index (χ0n) is 11.0. The number of Topliss-reactive ketones (excluding diaryl/α,β-unsaturated/α-hetero) is 1. The van der Waals surface area contributed by atoms with Crippen molar-refractivity contribution in [1.82, 2.24) is 4.90 Å². The summed E-state index contributed by atoms with van der Waals surface area (Å²) < 4.78 is 0. The van der Waals surface area contributed by atoms with Gasteiger partial charge >= 0.3 is 0 Å². The number of halogens is 1. The van der Waals surface area contributed by atoms with Crippen LogP contribution in [0.4, 0.5) is 0 Å². The van der Waals surface area contributed by atoms with Crippen LogP contribution in [0.25, 0.3) is 0 Å². The highest BCUT2D eigenvalue weighted by molar-refractivity contribution is 6.34. The monoisotopic (exact) mass is 253 g/mol. The Labute approximate surface area is 109 Å². The maximum absolute atomic E-state index is 12.5. The molecule has 1 rings (SSSR count). The van der Waals surface area contributed by atoms with Crippen LogP contribution in [0.1, 0.15) is 38.1 Å². The Kier molecular flexibility index (Phi) is 4.72. The molecule has 0 fully saturated rings. The van der Waals surface area contributed by atoms with Gasteiger partial charge in [0.25, 0.3) is 0 Å². The van der Waals surface area contributed by atoms with Crippen molar-refractivity contribution in [3.63, 3.8) is 0 Å². The molecule has 0 aromatic heterocycles. The van der Waals surface area contributed by atoms with Crippen LogP contribution in [0.15, 0.2) is 24.3 Å². The summed E-state index contributed by atoms with van der Waals surface area (Å²) in [6.07, 6.45) is 0. The van der Waals surface area contributed by atoms with Gasteiger partial charge in [0.15, 0.2) is 5.78 Å². The van der Waals surface area contributed by atoms with Gasteiger partial charge in [-0.3, -0.25) is 9.69 Å². The van der Waals surface area contributed by atoms with Gasteiger partial charge in [-0.05, 0) is 39.1 Å². The number of benzene rings is 1. The molecule has 2 nitrogen and oxygen atoms in total. The van der Waals surface area contributed by atoms with Crippen LogP contribution in [-0.4, -0.2) is 29.3 Å². The second-order valence-corrected chi connectivity index (χ2v) is 4.95. The maximum Gasteiger partial charge on any atom is 0.183 e. The van der Waals surface area contributed by atoms with Gasteiger partial charge < -0.3 is 0 Å². The Morgan fingerprint density at radius 3 is 2.24 bits per heavy atom. The van der Waals surface area contributed by atoms with Crippen LogP contribution >= 0.6 is 11.6 Å². The fourth-order valence-electron chi connectivity index (χ4n) is 2.13. The molecule has 1 aromatic carbocycles. The summed E-state index contributed by atoms with van der Waals surface area (Å²) in [5.41, 5.74) is 0.0835. The normalized spacial score (nSPS) is 11.9. The van der Waals surface area contributed by atoms with E-state index in [0.29, 0.717) is 10.6 Å². The molecule has 94 valence electrons. The molecule has 0 amide bonds. The predicted octanol–water partition coefficient (Wildman–Crippen LogP) is 3.64. The third kappa shape index (κ3) is 2.88. The molecule has 3 heteroatoms. The lowest BCUT2D eigenvalue weighted by Gasteiger charge is -2.36. The first kappa shape index (κ1) is 14.2. The summed E-state index contributed by atoms with van der Waals surface area (Å²) >= 11 is 6.08. The minimum Gasteiger partial charge on any atom is -0.292 e. The number of carbonyl (C=O) groups is 1. The molecule has 0 atom stereocenters. The molecule has 0 bridgehead atoms. The number of carbonyl (C=O) groups excluding carboxylic acids is 1. The maximum atomic E-state index is 12.5.